The average Bonchev–Trinajstić information content (AvgIpc) is 2.81. The summed E-state index contributed by atoms with van der Waals surface area (Å²) in [6.45, 7) is 14.0. The molecule has 2 heterocycles. The fraction of sp³-hybridized carbons (Fsp3) is 1.00. The first kappa shape index (κ1) is 18.3. The molecular formula is C15H30O6Si. The molecule has 2 N–H and O–H groups in total. The third-order valence-electron chi connectivity index (χ3n) is 4.83. The zero-order chi connectivity index (χ0) is 16.9. The van der Waals surface area contributed by atoms with Crippen LogP contribution in [0.5, 0.6) is 0 Å². The second kappa shape index (κ2) is 5.80. The van der Waals surface area contributed by atoms with Crippen LogP contribution >= 0.6 is 0 Å². The third-order valence-corrected chi connectivity index (χ3v) is 9.26. The third kappa shape index (κ3) is 3.40. The van der Waals surface area contributed by atoms with E-state index in [9.17, 15) is 10.2 Å². The Morgan fingerprint density at radius 2 is 1.73 bits per heavy atom. The molecule has 0 bridgehead atoms. The Morgan fingerprint density at radius 1 is 1.18 bits per heavy atom. The van der Waals surface area contributed by atoms with Crippen LogP contribution in [0.4, 0.5) is 0 Å². The van der Waals surface area contributed by atoms with Crippen molar-refractivity contribution in [3.63, 3.8) is 0 Å². The molecule has 2 unspecified atom stereocenters. The molecule has 0 aromatic heterocycles. The Morgan fingerprint density at radius 3 is 2.23 bits per heavy atom. The minimum atomic E-state index is -2.06. The van der Waals surface area contributed by atoms with Gasteiger partial charge in [-0.1, -0.05) is 20.8 Å². The van der Waals surface area contributed by atoms with Crippen LogP contribution in [0, 0.1) is 0 Å². The topological polar surface area (TPSA) is 77.4 Å². The van der Waals surface area contributed by atoms with E-state index in [2.05, 4.69) is 33.9 Å². The summed E-state index contributed by atoms with van der Waals surface area (Å²) < 4.78 is 24.0. The van der Waals surface area contributed by atoms with Crippen LogP contribution < -0.4 is 0 Å². The van der Waals surface area contributed by atoms with E-state index < -0.39 is 44.8 Å². The first-order valence-electron chi connectivity index (χ1n) is 7.86. The van der Waals surface area contributed by atoms with Crippen molar-refractivity contribution >= 4 is 8.32 Å². The number of hydrogen-bond donors (Lipinski definition) is 2. The van der Waals surface area contributed by atoms with Gasteiger partial charge in [-0.05, 0) is 32.0 Å². The van der Waals surface area contributed by atoms with Crippen molar-refractivity contribution in [1.29, 1.82) is 0 Å². The van der Waals surface area contributed by atoms with Gasteiger partial charge in [-0.15, -0.1) is 0 Å². The Kier molecular flexibility index (Phi) is 4.83. The summed E-state index contributed by atoms with van der Waals surface area (Å²) in [7, 11) is -2.06. The molecule has 0 spiro atoms. The van der Waals surface area contributed by atoms with Crippen molar-refractivity contribution in [2.45, 2.75) is 89.2 Å². The highest BCUT2D eigenvalue weighted by atomic mass is 28.4. The van der Waals surface area contributed by atoms with Crippen LogP contribution in [0.15, 0.2) is 0 Å². The first-order chi connectivity index (χ1) is 9.88. The summed E-state index contributed by atoms with van der Waals surface area (Å²) in [4.78, 5) is 0. The van der Waals surface area contributed by atoms with Crippen LogP contribution in [-0.4, -0.2) is 61.6 Å². The number of ether oxygens (including phenoxy) is 3. The normalized spacial score (nSPS) is 36.4. The van der Waals surface area contributed by atoms with Gasteiger partial charge in [0.1, 0.15) is 24.4 Å². The molecule has 0 saturated carbocycles. The minimum Gasteiger partial charge on any atom is -0.394 e. The molecule has 0 aliphatic carbocycles. The summed E-state index contributed by atoms with van der Waals surface area (Å²) in [5.74, 6) is -0.748. The van der Waals surface area contributed by atoms with E-state index in [0.29, 0.717) is 0 Å². The van der Waals surface area contributed by atoms with E-state index in [1.165, 1.54) is 0 Å². The first-order valence-corrected chi connectivity index (χ1v) is 10.8. The molecule has 2 fully saturated rings. The molecule has 0 amide bonds. The van der Waals surface area contributed by atoms with Crippen LogP contribution in [0.3, 0.4) is 0 Å². The smallest absolute Gasteiger partial charge is 0.195 e. The second-order valence-electron chi connectivity index (χ2n) is 8.16. The molecule has 0 aromatic rings. The van der Waals surface area contributed by atoms with Crippen molar-refractivity contribution in [2.75, 3.05) is 6.61 Å². The molecule has 2 rings (SSSR count). The lowest BCUT2D eigenvalue weighted by molar-refractivity contribution is -0.228. The fourth-order valence-corrected chi connectivity index (χ4v) is 3.69. The molecule has 7 heteroatoms. The Bertz CT molecular complexity index is 405. The quantitative estimate of drug-likeness (QED) is 0.761. The van der Waals surface area contributed by atoms with Crippen molar-refractivity contribution in [2.24, 2.45) is 0 Å². The van der Waals surface area contributed by atoms with E-state index >= 15 is 0 Å². The standard InChI is InChI=1S/C15H30O6Si/c1-14(2,3)22(6,7)21-13-12-11(19-15(4,5)20-12)10(18-13)9(17)8-16/h9-13,16-17H,8H2,1-7H3/t9?,10-,11+,12+,13?/m1/s1. The van der Waals surface area contributed by atoms with Crippen molar-refractivity contribution < 1.29 is 28.8 Å². The maximum Gasteiger partial charge on any atom is 0.195 e. The maximum absolute atomic E-state index is 10.00. The predicted molar refractivity (Wildman–Crippen MR) is 83.9 cm³/mol. The van der Waals surface area contributed by atoms with Gasteiger partial charge in [0.2, 0.25) is 0 Å². The second-order valence-corrected chi connectivity index (χ2v) is 12.9. The highest BCUT2D eigenvalue weighted by Crippen LogP contribution is 2.44. The van der Waals surface area contributed by atoms with Crippen LogP contribution in [0.2, 0.25) is 18.1 Å². The van der Waals surface area contributed by atoms with Gasteiger partial charge in [0.15, 0.2) is 20.4 Å². The molecule has 2 aliphatic heterocycles. The largest absolute Gasteiger partial charge is 0.394 e. The van der Waals surface area contributed by atoms with E-state index in [-0.39, 0.29) is 11.6 Å². The highest BCUT2D eigenvalue weighted by molar-refractivity contribution is 6.74. The lowest BCUT2D eigenvalue weighted by atomic mass is 10.1. The van der Waals surface area contributed by atoms with Gasteiger partial charge in [-0.2, -0.15) is 0 Å². The van der Waals surface area contributed by atoms with Gasteiger partial charge in [-0.25, -0.2) is 0 Å². The molecule has 2 aliphatic rings. The average molecular weight is 334 g/mol. The monoisotopic (exact) mass is 334 g/mol. The Balaban J connectivity index is 2.19. The fourth-order valence-electron chi connectivity index (χ4n) is 2.57. The molecule has 130 valence electrons. The molecule has 6 nitrogen and oxygen atoms in total. The van der Waals surface area contributed by atoms with Gasteiger partial charge < -0.3 is 28.8 Å². The van der Waals surface area contributed by atoms with E-state index in [4.69, 9.17) is 18.6 Å². The lowest BCUT2D eigenvalue weighted by Gasteiger charge is -2.39. The minimum absolute atomic E-state index is 0.0362. The molecule has 0 aromatic carbocycles. The summed E-state index contributed by atoms with van der Waals surface area (Å²) >= 11 is 0. The molecule has 5 atom stereocenters. The van der Waals surface area contributed by atoms with Crippen LogP contribution in [0.25, 0.3) is 0 Å². The SMILES string of the molecule is CC1(C)O[C@H]2[C@@H](C(O)CO)OC(O[Si](C)(C)C(C)(C)C)[C@H]2O1. The Labute approximate surface area is 133 Å². The van der Waals surface area contributed by atoms with E-state index in [1.54, 1.807) is 0 Å². The number of aliphatic hydroxyl groups is 2. The van der Waals surface area contributed by atoms with Gasteiger partial charge in [0.25, 0.3) is 0 Å². The van der Waals surface area contributed by atoms with E-state index in [0.717, 1.165) is 0 Å². The summed E-state index contributed by atoms with van der Waals surface area (Å²) in [5.41, 5.74) is 0. The zero-order valence-electron chi connectivity index (χ0n) is 14.6. The zero-order valence-corrected chi connectivity index (χ0v) is 15.6. The highest BCUT2D eigenvalue weighted by Gasteiger charge is 2.59. The molecule has 2 saturated heterocycles. The predicted octanol–water partition coefficient (Wildman–Crippen LogP) is 1.61. The van der Waals surface area contributed by atoms with Crippen LogP contribution in [-0.2, 0) is 18.6 Å². The molecule has 22 heavy (non-hydrogen) atoms. The van der Waals surface area contributed by atoms with Gasteiger partial charge in [0.05, 0.1) is 6.61 Å². The lowest BCUT2D eigenvalue weighted by Crippen LogP contribution is -2.47. The van der Waals surface area contributed by atoms with Crippen molar-refractivity contribution in [3.8, 4) is 0 Å². The Hall–Kier alpha value is -0.0231. The summed E-state index contributed by atoms with van der Waals surface area (Å²) in [6.07, 6.45) is -3.08. The number of fused-ring (bicyclic) bond motifs is 1. The van der Waals surface area contributed by atoms with Gasteiger partial charge >= 0.3 is 0 Å². The van der Waals surface area contributed by atoms with Crippen molar-refractivity contribution in [1.82, 2.24) is 0 Å². The van der Waals surface area contributed by atoms with Gasteiger partial charge in [-0.3, -0.25) is 0 Å². The number of hydrogen-bond acceptors (Lipinski definition) is 6. The number of rotatable bonds is 4. The van der Waals surface area contributed by atoms with Gasteiger partial charge in [0, 0.05) is 0 Å². The maximum atomic E-state index is 10.00. The van der Waals surface area contributed by atoms with Crippen LogP contribution in [0.1, 0.15) is 34.6 Å². The van der Waals surface area contributed by atoms with E-state index in [1.807, 2.05) is 13.8 Å². The molecular weight excluding hydrogens is 304 g/mol. The summed E-state index contributed by atoms with van der Waals surface area (Å²) in [5, 5.41) is 19.3. The number of aliphatic hydroxyl groups excluding tert-OH is 2. The summed E-state index contributed by atoms with van der Waals surface area (Å²) in [6, 6.07) is 0. The molecule has 0 radical (unpaired) electrons. The van der Waals surface area contributed by atoms with Crippen molar-refractivity contribution in [3.05, 3.63) is 0 Å².